The molecule has 0 amide bonds. The Morgan fingerprint density at radius 2 is 2.30 bits per heavy atom. The first-order valence-electron chi connectivity index (χ1n) is 6.43. The van der Waals surface area contributed by atoms with Gasteiger partial charge >= 0.3 is 11.7 Å². The summed E-state index contributed by atoms with van der Waals surface area (Å²) in [6.07, 6.45) is 1.98. The molecule has 7 heteroatoms. The van der Waals surface area contributed by atoms with Gasteiger partial charge < -0.3 is 14.8 Å². The Morgan fingerprint density at radius 1 is 1.60 bits per heavy atom. The molecule has 1 saturated heterocycles. The number of carboxylic acid groups (broad SMARTS) is 1. The predicted octanol–water partition coefficient (Wildman–Crippen LogP) is 1.83. The van der Waals surface area contributed by atoms with Crippen molar-refractivity contribution in [1.82, 2.24) is 9.97 Å². The summed E-state index contributed by atoms with van der Waals surface area (Å²) in [7, 11) is 0. The summed E-state index contributed by atoms with van der Waals surface area (Å²) in [5, 5.41) is 9.46. The normalized spacial score (nSPS) is 21.1. The predicted molar refractivity (Wildman–Crippen MR) is 75.5 cm³/mol. The molecule has 0 saturated carbocycles. The Balaban J connectivity index is 2.14. The number of hydrogen-bond acceptors (Lipinski definition) is 5. The molecule has 1 aromatic rings. The van der Waals surface area contributed by atoms with E-state index in [4.69, 9.17) is 4.74 Å². The number of carboxylic acids is 1. The van der Waals surface area contributed by atoms with Gasteiger partial charge in [-0.3, -0.25) is 0 Å². The Hall–Kier alpha value is -1.34. The number of rotatable bonds is 4. The van der Waals surface area contributed by atoms with Crippen LogP contribution in [-0.2, 0) is 4.74 Å². The Labute approximate surface area is 121 Å². The van der Waals surface area contributed by atoms with Crippen molar-refractivity contribution in [2.75, 3.05) is 5.75 Å². The smallest absolute Gasteiger partial charge is 0.346 e. The van der Waals surface area contributed by atoms with Crippen molar-refractivity contribution >= 4 is 17.7 Å². The molecule has 1 fully saturated rings. The van der Waals surface area contributed by atoms with Gasteiger partial charge in [0.15, 0.2) is 0 Å². The second-order valence-corrected chi connectivity index (χ2v) is 6.51. The second-order valence-electron chi connectivity index (χ2n) is 5.50. The highest BCUT2D eigenvalue weighted by Gasteiger charge is 2.32. The maximum atomic E-state index is 11.4. The lowest BCUT2D eigenvalue weighted by atomic mass is 10.1. The third-order valence-electron chi connectivity index (χ3n) is 3.26. The van der Waals surface area contributed by atoms with Crippen molar-refractivity contribution in [2.45, 2.75) is 50.3 Å². The fourth-order valence-electron chi connectivity index (χ4n) is 2.28. The average molecular weight is 298 g/mol. The minimum absolute atomic E-state index is 0.0619. The van der Waals surface area contributed by atoms with Crippen molar-refractivity contribution in [2.24, 2.45) is 0 Å². The molecule has 2 heterocycles. The summed E-state index contributed by atoms with van der Waals surface area (Å²) in [5.74, 6) is -0.485. The summed E-state index contributed by atoms with van der Waals surface area (Å²) in [6, 6.07) is 0. The van der Waals surface area contributed by atoms with Gasteiger partial charge in [0.1, 0.15) is 10.6 Å². The fourth-order valence-corrected chi connectivity index (χ4v) is 3.39. The molecule has 1 aliphatic heterocycles. The average Bonchev–Trinajstić information content (AvgIpc) is 2.64. The molecule has 1 unspecified atom stereocenters. The number of thioether (sulfide) groups is 1. The number of carbonyl (C=O) groups is 1. The van der Waals surface area contributed by atoms with E-state index in [0.29, 0.717) is 11.4 Å². The molecule has 20 heavy (non-hydrogen) atoms. The molecule has 0 bridgehead atoms. The molecule has 0 radical (unpaired) electrons. The summed E-state index contributed by atoms with van der Waals surface area (Å²) >= 11 is 1.26. The largest absolute Gasteiger partial charge is 0.478 e. The number of aromatic amines is 1. The molecule has 2 rings (SSSR count). The van der Waals surface area contributed by atoms with Crippen LogP contribution < -0.4 is 5.69 Å². The lowest BCUT2D eigenvalue weighted by Crippen LogP contribution is -2.22. The zero-order valence-corrected chi connectivity index (χ0v) is 12.5. The van der Waals surface area contributed by atoms with E-state index in [1.54, 1.807) is 6.92 Å². The second kappa shape index (κ2) is 5.57. The molecule has 110 valence electrons. The van der Waals surface area contributed by atoms with Gasteiger partial charge in [-0.05, 0) is 33.6 Å². The van der Waals surface area contributed by atoms with Crippen molar-refractivity contribution in [1.29, 1.82) is 0 Å². The van der Waals surface area contributed by atoms with Crippen LogP contribution in [0.2, 0.25) is 0 Å². The van der Waals surface area contributed by atoms with Gasteiger partial charge in [-0.15, -0.1) is 11.8 Å². The van der Waals surface area contributed by atoms with Crippen LogP contribution in [-0.4, -0.2) is 38.5 Å². The van der Waals surface area contributed by atoms with E-state index < -0.39 is 11.7 Å². The highest BCUT2D eigenvalue weighted by molar-refractivity contribution is 7.99. The molecular weight excluding hydrogens is 280 g/mol. The number of H-pyrrole nitrogens is 1. The van der Waals surface area contributed by atoms with E-state index in [-0.39, 0.29) is 22.3 Å². The van der Waals surface area contributed by atoms with Crippen molar-refractivity contribution in [3.05, 3.63) is 21.7 Å². The van der Waals surface area contributed by atoms with Crippen molar-refractivity contribution in [3.8, 4) is 0 Å². The first-order chi connectivity index (χ1) is 9.28. The summed E-state index contributed by atoms with van der Waals surface area (Å²) in [6.45, 7) is 5.64. The first kappa shape index (κ1) is 15.1. The zero-order chi connectivity index (χ0) is 14.9. The van der Waals surface area contributed by atoms with E-state index in [1.807, 2.05) is 13.8 Å². The van der Waals surface area contributed by atoms with Crippen LogP contribution >= 0.6 is 11.8 Å². The van der Waals surface area contributed by atoms with Crippen LogP contribution in [0.3, 0.4) is 0 Å². The van der Waals surface area contributed by atoms with E-state index in [9.17, 15) is 14.7 Å². The standard InChI is InChI=1S/C13H18N2O4S/c1-7-9(11(16)17)10(15-12(18)14-7)20-6-8-4-5-13(2,3)19-8/h8H,4-6H2,1-3H3,(H,16,17)(H,14,15,18). The summed E-state index contributed by atoms with van der Waals surface area (Å²) < 4.78 is 5.85. The van der Waals surface area contributed by atoms with E-state index in [0.717, 1.165) is 12.8 Å². The molecule has 0 aliphatic carbocycles. The Kier molecular flexibility index (Phi) is 4.19. The van der Waals surface area contributed by atoms with Gasteiger partial charge in [0.2, 0.25) is 0 Å². The number of aromatic carboxylic acids is 1. The summed E-state index contributed by atoms with van der Waals surface area (Å²) in [5.41, 5.74) is -0.263. The number of hydrogen-bond donors (Lipinski definition) is 2. The third kappa shape index (κ3) is 3.40. The number of ether oxygens (including phenoxy) is 1. The van der Waals surface area contributed by atoms with E-state index in [1.165, 1.54) is 11.8 Å². The third-order valence-corrected chi connectivity index (χ3v) is 4.37. The van der Waals surface area contributed by atoms with E-state index in [2.05, 4.69) is 9.97 Å². The Morgan fingerprint density at radius 3 is 2.85 bits per heavy atom. The molecule has 1 aliphatic rings. The summed E-state index contributed by atoms with van der Waals surface area (Å²) in [4.78, 5) is 28.8. The quantitative estimate of drug-likeness (QED) is 0.651. The monoisotopic (exact) mass is 298 g/mol. The van der Waals surface area contributed by atoms with Crippen molar-refractivity contribution in [3.63, 3.8) is 0 Å². The SMILES string of the molecule is Cc1[nH]c(=O)nc(SCC2CCC(C)(C)O2)c1C(=O)O. The van der Waals surface area contributed by atoms with Gasteiger partial charge in [-0.25, -0.2) is 9.59 Å². The maximum absolute atomic E-state index is 11.4. The van der Waals surface area contributed by atoms with Crippen LogP contribution in [0.25, 0.3) is 0 Å². The van der Waals surface area contributed by atoms with Crippen LogP contribution in [0.1, 0.15) is 42.7 Å². The maximum Gasteiger partial charge on any atom is 0.346 e. The van der Waals surface area contributed by atoms with Crippen LogP contribution in [0, 0.1) is 6.92 Å². The van der Waals surface area contributed by atoms with E-state index >= 15 is 0 Å². The first-order valence-corrected chi connectivity index (χ1v) is 7.42. The number of nitrogens with one attached hydrogen (secondary N) is 1. The van der Waals surface area contributed by atoms with Crippen molar-refractivity contribution < 1.29 is 14.6 Å². The van der Waals surface area contributed by atoms with Crippen LogP contribution in [0.5, 0.6) is 0 Å². The van der Waals surface area contributed by atoms with Gasteiger partial charge in [0.05, 0.1) is 11.7 Å². The molecule has 0 spiro atoms. The topological polar surface area (TPSA) is 92.3 Å². The molecule has 1 atom stereocenters. The number of aryl methyl sites for hydroxylation is 1. The van der Waals surface area contributed by atoms with Gasteiger partial charge in [-0.2, -0.15) is 4.98 Å². The lowest BCUT2D eigenvalue weighted by Gasteiger charge is -2.19. The van der Waals surface area contributed by atoms with Gasteiger partial charge in [0.25, 0.3) is 0 Å². The minimum atomic E-state index is -1.08. The molecule has 2 N–H and O–H groups in total. The molecule has 6 nitrogen and oxygen atoms in total. The highest BCUT2D eigenvalue weighted by Crippen LogP contribution is 2.33. The minimum Gasteiger partial charge on any atom is -0.478 e. The number of nitrogens with zero attached hydrogens (tertiary/aromatic N) is 1. The van der Waals surface area contributed by atoms with Crippen LogP contribution in [0.15, 0.2) is 9.82 Å². The molecular formula is C13H18N2O4S. The molecule has 1 aromatic heterocycles. The number of aromatic nitrogens is 2. The van der Waals surface area contributed by atoms with Crippen LogP contribution in [0.4, 0.5) is 0 Å². The highest BCUT2D eigenvalue weighted by atomic mass is 32.2. The van der Waals surface area contributed by atoms with Gasteiger partial charge in [-0.1, -0.05) is 0 Å². The zero-order valence-electron chi connectivity index (χ0n) is 11.7. The Bertz CT molecular complexity index is 582. The lowest BCUT2D eigenvalue weighted by molar-refractivity contribution is -0.00469. The van der Waals surface area contributed by atoms with Gasteiger partial charge in [0, 0.05) is 11.4 Å². The fraction of sp³-hybridized carbons (Fsp3) is 0.615. The molecule has 0 aromatic carbocycles.